The average molecular weight is 303 g/mol. The van der Waals surface area contributed by atoms with Crippen LogP contribution in [0.4, 0.5) is 0 Å². The topological polar surface area (TPSA) is 54.5 Å². The fourth-order valence-corrected chi connectivity index (χ4v) is 3.13. The minimum absolute atomic E-state index is 0.0875. The highest BCUT2D eigenvalue weighted by molar-refractivity contribution is 7.13. The Hall–Kier alpha value is -1.92. The molecule has 6 heteroatoms. The molecule has 1 aromatic heterocycles. The fraction of sp³-hybridized carbons (Fsp3) is 0.333. The van der Waals surface area contributed by atoms with E-state index in [0.717, 1.165) is 28.6 Å². The smallest absolute Gasteiger partial charge is 0.234 e. The molecule has 0 bridgehead atoms. The quantitative estimate of drug-likeness (QED) is 0.935. The van der Waals surface area contributed by atoms with Gasteiger partial charge >= 0.3 is 0 Å². The summed E-state index contributed by atoms with van der Waals surface area (Å²) in [5.74, 6) is 0.918. The van der Waals surface area contributed by atoms with Crippen molar-refractivity contribution in [3.8, 4) is 16.3 Å². The highest BCUT2D eigenvalue weighted by Crippen LogP contribution is 2.27. The summed E-state index contributed by atoms with van der Waals surface area (Å²) in [5, 5.41) is 5.86. The van der Waals surface area contributed by atoms with Crippen LogP contribution in [0.3, 0.4) is 0 Å². The number of nitrogens with one attached hydrogen (secondary N) is 1. The van der Waals surface area contributed by atoms with Crippen molar-refractivity contribution in [1.29, 1.82) is 0 Å². The van der Waals surface area contributed by atoms with E-state index in [1.54, 1.807) is 18.4 Å². The predicted molar refractivity (Wildman–Crippen MR) is 82.4 cm³/mol. The number of piperazine rings is 1. The summed E-state index contributed by atoms with van der Waals surface area (Å²) < 4.78 is 5.24. The maximum Gasteiger partial charge on any atom is 0.234 e. The van der Waals surface area contributed by atoms with E-state index >= 15 is 0 Å². The summed E-state index contributed by atoms with van der Waals surface area (Å²) in [6, 6.07) is 7.89. The van der Waals surface area contributed by atoms with Gasteiger partial charge in [-0.1, -0.05) is 12.1 Å². The number of hydrogen-bond donors (Lipinski definition) is 1. The lowest BCUT2D eigenvalue weighted by Gasteiger charge is -2.25. The summed E-state index contributed by atoms with van der Waals surface area (Å²) in [6.45, 7) is 2.75. The molecule has 0 aliphatic carbocycles. The molecule has 110 valence electrons. The summed E-state index contributed by atoms with van der Waals surface area (Å²) in [6.07, 6.45) is 0. The number of amides is 1. The molecule has 0 spiro atoms. The maximum atomic E-state index is 11.4. The molecule has 0 unspecified atom stereocenters. The molecule has 0 saturated carbocycles. The van der Waals surface area contributed by atoms with Gasteiger partial charge in [0.15, 0.2) is 0 Å². The first-order chi connectivity index (χ1) is 10.2. The molecule has 1 aliphatic heterocycles. The van der Waals surface area contributed by atoms with E-state index in [2.05, 4.69) is 20.6 Å². The molecule has 1 amide bonds. The molecule has 1 fully saturated rings. The van der Waals surface area contributed by atoms with Gasteiger partial charge in [-0.25, -0.2) is 4.98 Å². The van der Waals surface area contributed by atoms with Crippen molar-refractivity contribution in [2.24, 2.45) is 0 Å². The molecule has 1 saturated heterocycles. The molecule has 1 aromatic carbocycles. The van der Waals surface area contributed by atoms with Crippen LogP contribution in [0.5, 0.6) is 5.75 Å². The van der Waals surface area contributed by atoms with Crippen LogP contribution < -0.4 is 10.1 Å². The maximum absolute atomic E-state index is 11.4. The Morgan fingerprint density at radius 3 is 3.19 bits per heavy atom. The molecule has 1 aliphatic rings. The van der Waals surface area contributed by atoms with Gasteiger partial charge < -0.3 is 10.1 Å². The number of aromatic nitrogens is 1. The Morgan fingerprint density at radius 1 is 1.48 bits per heavy atom. The monoisotopic (exact) mass is 303 g/mol. The standard InChI is InChI=1S/C15H17N3O2S/c1-20-13-4-2-3-11(7-13)15-17-12(10-21-15)8-18-6-5-16-14(19)9-18/h2-4,7,10H,5-6,8-9H2,1H3,(H,16,19). The van der Waals surface area contributed by atoms with Gasteiger partial charge in [-0.05, 0) is 12.1 Å². The van der Waals surface area contributed by atoms with Crippen LogP contribution in [0.15, 0.2) is 29.6 Å². The SMILES string of the molecule is COc1cccc(-c2nc(CN3CCNC(=O)C3)cs2)c1. The molecular formula is C15H17N3O2S. The number of benzene rings is 1. The Morgan fingerprint density at radius 2 is 2.38 bits per heavy atom. The van der Waals surface area contributed by atoms with E-state index in [1.807, 2.05) is 24.3 Å². The lowest BCUT2D eigenvalue weighted by Crippen LogP contribution is -2.47. The van der Waals surface area contributed by atoms with E-state index in [0.29, 0.717) is 19.6 Å². The third-order valence-corrected chi connectivity index (χ3v) is 4.31. The van der Waals surface area contributed by atoms with Crippen LogP contribution in [0.1, 0.15) is 5.69 Å². The van der Waals surface area contributed by atoms with E-state index in [9.17, 15) is 4.79 Å². The van der Waals surface area contributed by atoms with E-state index in [1.165, 1.54) is 0 Å². The van der Waals surface area contributed by atoms with Crippen LogP contribution in [-0.4, -0.2) is 42.5 Å². The average Bonchev–Trinajstić information content (AvgIpc) is 2.96. The summed E-state index contributed by atoms with van der Waals surface area (Å²) in [4.78, 5) is 18.2. The van der Waals surface area contributed by atoms with Crippen molar-refractivity contribution in [3.63, 3.8) is 0 Å². The van der Waals surface area contributed by atoms with E-state index < -0.39 is 0 Å². The molecule has 0 radical (unpaired) electrons. The second-order valence-corrected chi connectivity index (χ2v) is 5.79. The van der Waals surface area contributed by atoms with Crippen LogP contribution in [0, 0.1) is 0 Å². The normalized spacial score (nSPS) is 15.8. The van der Waals surface area contributed by atoms with Crippen molar-refractivity contribution in [2.45, 2.75) is 6.54 Å². The lowest BCUT2D eigenvalue weighted by atomic mass is 10.2. The van der Waals surface area contributed by atoms with Crippen molar-refractivity contribution < 1.29 is 9.53 Å². The lowest BCUT2D eigenvalue weighted by molar-refractivity contribution is -0.124. The second kappa shape index (κ2) is 6.24. The zero-order chi connectivity index (χ0) is 14.7. The number of hydrogen-bond acceptors (Lipinski definition) is 5. The minimum Gasteiger partial charge on any atom is -0.497 e. The third kappa shape index (κ3) is 3.40. The first kappa shape index (κ1) is 14.0. The second-order valence-electron chi connectivity index (χ2n) is 4.94. The Bertz CT molecular complexity index is 641. The van der Waals surface area contributed by atoms with Gasteiger partial charge in [0, 0.05) is 30.6 Å². The van der Waals surface area contributed by atoms with Crippen molar-refractivity contribution in [2.75, 3.05) is 26.7 Å². The zero-order valence-corrected chi connectivity index (χ0v) is 12.7. The van der Waals surface area contributed by atoms with Crippen molar-refractivity contribution in [3.05, 3.63) is 35.3 Å². The van der Waals surface area contributed by atoms with E-state index in [4.69, 9.17) is 4.74 Å². The summed E-state index contributed by atoms with van der Waals surface area (Å²) in [7, 11) is 1.66. The fourth-order valence-electron chi connectivity index (χ4n) is 2.32. The van der Waals surface area contributed by atoms with Gasteiger partial charge in [-0.15, -0.1) is 11.3 Å². The summed E-state index contributed by atoms with van der Waals surface area (Å²) in [5.41, 5.74) is 2.06. The molecular weight excluding hydrogens is 286 g/mol. The summed E-state index contributed by atoms with van der Waals surface area (Å²) >= 11 is 1.62. The van der Waals surface area contributed by atoms with Gasteiger partial charge in [0.25, 0.3) is 0 Å². The highest BCUT2D eigenvalue weighted by atomic mass is 32.1. The van der Waals surface area contributed by atoms with Crippen LogP contribution in [-0.2, 0) is 11.3 Å². The number of carbonyl (C=O) groups excluding carboxylic acids is 1. The van der Waals surface area contributed by atoms with Crippen molar-refractivity contribution in [1.82, 2.24) is 15.2 Å². The number of methoxy groups -OCH3 is 1. The van der Waals surface area contributed by atoms with Gasteiger partial charge in [0.05, 0.1) is 19.3 Å². The Kier molecular flexibility index (Phi) is 4.17. The number of rotatable bonds is 4. The largest absolute Gasteiger partial charge is 0.497 e. The van der Waals surface area contributed by atoms with Crippen LogP contribution in [0.2, 0.25) is 0 Å². The highest BCUT2D eigenvalue weighted by Gasteiger charge is 2.17. The van der Waals surface area contributed by atoms with Gasteiger partial charge in [0.1, 0.15) is 10.8 Å². The molecule has 2 aromatic rings. The Balaban J connectivity index is 1.72. The first-order valence-corrected chi connectivity index (χ1v) is 7.70. The molecule has 1 N–H and O–H groups in total. The number of carbonyl (C=O) groups is 1. The zero-order valence-electron chi connectivity index (χ0n) is 11.8. The van der Waals surface area contributed by atoms with Crippen LogP contribution >= 0.6 is 11.3 Å². The third-order valence-electron chi connectivity index (χ3n) is 3.37. The van der Waals surface area contributed by atoms with Gasteiger partial charge in [-0.3, -0.25) is 9.69 Å². The first-order valence-electron chi connectivity index (χ1n) is 6.82. The Labute approximate surface area is 127 Å². The molecule has 21 heavy (non-hydrogen) atoms. The predicted octanol–water partition coefficient (Wildman–Crippen LogP) is 1.75. The van der Waals surface area contributed by atoms with E-state index in [-0.39, 0.29) is 5.91 Å². The molecule has 3 rings (SSSR count). The molecule has 2 heterocycles. The van der Waals surface area contributed by atoms with Gasteiger partial charge in [0.2, 0.25) is 5.91 Å². The number of thiazole rings is 1. The molecule has 5 nitrogen and oxygen atoms in total. The van der Waals surface area contributed by atoms with Crippen molar-refractivity contribution >= 4 is 17.2 Å². The molecule has 0 atom stereocenters. The van der Waals surface area contributed by atoms with Crippen LogP contribution in [0.25, 0.3) is 10.6 Å². The van der Waals surface area contributed by atoms with Gasteiger partial charge in [-0.2, -0.15) is 0 Å². The minimum atomic E-state index is 0.0875. The number of nitrogens with zero attached hydrogens (tertiary/aromatic N) is 2. The number of ether oxygens (including phenoxy) is 1.